The van der Waals surface area contributed by atoms with E-state index in [4.69, 9.17) is 0 Å². The third kappa shape index (κ3) is 6.19. The summed E-state index contributed by atoms with van der Waals surface area (Å²) in [5.41, 5.74) is 28.1. The van der Waals surface area contributed by atoms with Crippen molar-refractivity contribution in [3.05, 3.63) is 294 Å². The van der Waals surface area contributed by atoms with Gasteiger partial charge in [0.25, 0.3) is 0 Å². The third-order valence-electron chi connectivity index (χ3n) is 15.9. The molecule has 0 saturated carbocycles. The van der Waals surface area contributed by atoms with Gasteiger partial charge in [-0.3, -0.25) is 0 Å². The van der Waals surface area contributed by atoms with Crippen LogP contribution in [0.25, 0.3) is 77.9 Å². The first-order valence-electron chi connectivity index (χ1n) is 24.9. The van der Waals surface area contributed by atoms with E-state index in [1.54, 1.807) is 0 Å². The molecule has 14 rings (SSSR count). The van der Waals surface area contributed by atoms with E-state index in [1.807, 2.05) is 0 Å². The van der Waals surface area contributed by atoms with E-state index >= 15 is 0 Å². The summed E-state index contributed by atoms with van der Waals surface area (Å²) < 4.78 is 0. The Morgan fingerprint density at radius 2 is 0.648 bits per heavy atom. The first-order valence-corrected chi connectivity index (χ1v) is 24.9. The summed E-state index contributed by atoms with van der Waals surface area (Å²) in [7, 11) is 0. The number of anilines is 3. The molecule has 0 N–H and O–H groups in total. The highest BCUT2D eigenvalue weighted by molar-refractivity contribution is 5.99. The van der Waals surface area contributed by atoms with Gasteiger partial charge in [-0.15, -0.1) is 0 Å². The minimum Gasteiger partial charge on any atom is -0.310 e. The maximum absolute atomic E-state index is 2.53. The van der Waals surface area contributed by atoms with Crippen LogP contribution in [0.4, 0.5) is 17.1 Å². The summed E-state index contributed by atoms with van der Waals surface area (Å²) in [6.07, 6.45) is 0. The maximum Gasteiger partial charge on any atom is 0.0726 e. The average Bonchev–Trinajstić information content (AvgIpc) is 3.99. The Kier molecular flexibility index (Phi) is 9.22. The second-order valence-electron chi connectivity index (χ2n) is 20.0. The van der Waals surface area contributed by atoms with Crippen molar-refractivity contribution >= 4 is 17.1 Å². The van der Waals surface area contributed by atoms with Crippen LogP contribution in [0, 0.1) is 0 Å². The molecule has 3 aliphatic rings. The van der Waals surface area contributed by atoms with E-state index in [0.717, 1.165) is 17.1 Å². The van der Waals surface area contributed by atoms with Gasteiger partial charge in [0, 0.05) is 22.4 Å². The summed E-state index contributed by atoms with van der Waals surface area (Å²) >= 11 is 0. The average molecular weight is 904 g/mol. The highest BCUT2D eigenvalue weighted by atomic mass is 15.1. The quantitative estimate of drug-likeness (QED) is 0.154. The molecule has 11 aromatic carbocycles. The van der Waals surface area contributed by atoms with Crippen LogP contribution in [0.1, 0.15) is 47.2 Å². The number of rotatable bonds is 7. The monoisotopic (exact) mass is 903 g/mol. The molecule has 0 unspecified atom stereocenters. The van der Waals surface area contributed by atoms with Gasteiger partial charge in [0.2, 0.25) is 0 Å². The first-order chi connectivity index (χ1) is 35.0. The van der Waals surface area contributed by atoms with Gasteiger partial charge < -0.3 is 4.90 Å². The number of fused-ring (bicyclic) bond motifs is 13. The molecule has 71 heavy (non-hydrogen) atoms. The van der Waals surface area contributed by atoms with Crippen molar-refractivity contribution in [1.29, 1.82) is 0 Å². The first kappa shape index (κ1) is 41.2. The van der Waals surface area contributed by atoms with Crippen LogP contribution in [0.5, 0.6) is 0 Å². The molecule has 0 heterocycles. The second-order valence-corrected chi connectivity index (χ2v) is 20.0. The third-order valence-corrected chi connectivity index (χ3v) is 15.9. The van der Waals surface area contributed by atoms with Crippen molar-refractivity contribution in [1.82, 2.24) is 0 Å². The molecule has 1 nitrogen and oxygen atoms in total. The SMILES string of the molecule is CC1(C)c2ccccc2-c2cc(N(c3ccc4c(c3)C3(c5ccccc5-c5ccccc53)c3cc(-c5cc(-c6ccccc6)cc(-c6ccccc6)c5)ccc3-4)c3ccccc3-c3ccccc3)ccc21. The van der Waals surface area contributed by atoms with Gasteiger partial charge in [-0.2, -0.15) is 0 Å². The fourth-order valence-electron chi connectivity index (χ4n) is 12.6. The molecule has 334 valence electrons. The Labute approximate surface area is 416 Å². The molecule has 0 fully saturated rings. The number of para-hydroxylation sites is 1. The topological polar surface area (TPSA) is 3.24 Å². The smallest absolute Gasteiger partial charge is 0.0726 e. The zero-order valence-corrected chi connectivity index (χ0v) is 39.8. The van der Waals surface area contributed by atoms with Crippen LogP contribution in [0.15, 0.2) is 261 Å². The van der Waals surface area contributed by atoms with E-state index in [9.17, 15) is 0 Å². The lowest BCUT2D eigenvalue weighted by Gasteiger charge is -2.33. The van der Waals surface area contributed by atoms with E-state index in [1.165, 1.54) is 111 Å². The zero-order chi connectivity index (χ0) is 47.3. The molecule has 0 atom stereocenters. The molecule has 0 saturated heterocycles. The molecular weight excluding hydrogens is 855 g/mol. The van der Waals surface area contributed by atoms with E-state index < -0.39 is 5.41 Å². The van der Waals surface area contributed by atoms with Gasteiger partial charge in [-0.05, 0) is 160 Å². The lowest BCUT2D eigenvalue weighted by Crippen LogP contribution is -2.26. The normalized spacial score (nSPS) is 13.7. The predicted molar refractivity (Wildman–Crippen MR) is 297 cm³/mol. The van der Waals surface area contributed by atoms with Crippen molar-refractivity contribution in [3.8, 4) is 77.9 Å². The molecule has 1 heteroatoms. The van der Waals surface area contributed by atoms with Crippen LogP contribution < -0.4 is 4.90 Å². The van der Waals surface area contributed by atoms with E-state index in [2.05, 4.69) is 280 Å². The number of benzene rings is 11. The van der Waals surface area contributed by atoms with Crippen LogP contribution in [-0.2, 0) is 10.8 Å². The van der Waals surface area contributed by atoms with Crippen molar-refractivity contribution in [2.75, 3.05) is 4.90 Å². The van der Waals surface area contributed by atoms with Crippen LogP contribution >= 0.6 is 0 Å². The molecule has 0 bridgehead atoms. The van der Waals surface area contributed by atoms with Gasteiger partial charge in [0.15, 0.2) is 0 Å². The Morgan fingerprint density at radius 1 is 0.239 bits per heavy atom. The van der Waals surface area contributed by atoms with Crippen molar-refractivity contribution in [3.63, 3.8) is 0 Å². The highest BCUT2D eigenvalue weighted by Gasteiger charge is 2.52. The Balaban J connectivity index is 1.02. The van der Waals surface area contributed by atoms with Crippen molar-refractivity contribution in [2.24, 2.45) is 0 Å². The summed E-state index contributed by atoms with van der Waals surface area (Å²) in [5.74, 6) is 0. The highest BCUT2D eigenvalue weighted by Crippen LogP contribution is 2.64. The van der Waals surface area contributed by atoms with Crippen LogP contribution in [0.2, 0.25) is 0 Å². The van der Waals surface area contributed by atoms with Crippen molar-refractivity contribution < 1.29 is 0 Å². The summed E-state index contributed by atoms with van der Waals surface area (Å²) in [4.78, 5) is 2.52. The molecule has 0 aliphatic heterocycles. The Hall–Kier alpha value is -8.78. The standard InChI is InChI=1S/C70H49N/c1-69(2)62-30-16-12-29-58(62)61-44-53(36-39-63(61)69)71(68-33-19-15-26-55(68)48-24-10-5-11-25-48)54-35-38-60-59-37-34-49(52-41-50(46-20-6-3-7-21-46)40-51(42-52)47-22-8-4-9-23-47)43-66(59)70(67(60)45-54)64-31-17-13-27-56(64)57-28-14-18-32-65(57)70/h3-45H,1-2H3. The minimum absolute atomic E-state index is 0.100. The van der Waals surface area contributed by atoms with E-state index in [0.29, 0.717) is 0 Å². The van der Waals surface area contributed by atoms with Gasteiger partial charge >= 0.3 is 0 Å². The zero-order valence-electron chi connectivity index (χ0n) is 39.8. The Bertz CT molecular complexity index is 3800. The van der Waals surface area contributed by atoms with Gasteiger partial charge in [-0.1, -0.05) is 220 Å². The van der Waals surface area contributed by atoms with Gasteiger partial charge in [0.1, 0.15) is 0 Å². The molecular formula is C70H49N. The Morgan fingerprint density at radius 3 is 1.25 bits per heavy atom. The summed E-state index contributed by atoms with van der Waals surface area (Å²) in [5, 5.41) is 0. The lowest BCUT2D eigenvalue weighted by molar-refractivity contribution is 0.660. The predicted octanol–water partition coefficient (Wildman–Crippen LogP) is 18.5. The second kappa shape index (κ2) is 15.9. The number of hydrogen-bond donors (Lipinski definition) is 0. The fourth-order valence-corrected chi connectivity index (χ4v) is 12.6. The molecule has 1 spiro atoms. The molecule has 0 radical (unpaired) electrons. The largest absolute Gasteiger partial charge is 0.310 e. The molecule has 3 aliphatic carbocycles. The maximum atomic E-state index is 2.53. The van der Waals surface area contributed by atoms with Gasteiger partial charge in [0.05, 0.1) is 11.1 Å². The lowest BCUT2D eigenvalue weighted by atomic mass is 9.70. The molecule has 0 amide bonds. The molecule has 0 aromatic heterocycles. The minimum atomic E-state index is -0.575. The van der Waals surface area contributed by atoms with Crippen molar-refractivity contribution in [2.45, 2.75) is 24.7 Å². The summed E-state index contributed by atoms with van der Waals surface area (Å²) in [6.45, 7) is 4.73. The van der Waals surface area contributed by atoms with Crippen LogP contribution in [-0.4, -0.2) is 0 Å². The summed E-state index contributed by atoms with van der Waals surface area (Å²) in [6, 6.07) is 97.5. The van der Waals surface area contributed by atoms with E-state index in [-0.39, 0.29) is 5.41 Å². The fraction of sp³-hybridized carbons (Fsp3) is 0.0571. The number of nitrogens with zero attached hydrogens (tertiary/aromatic N) is 1. The van der Waals surface area contributed by atoms with Gasteiger partial charge in [-0.25, -0.2) is 0 Å². The number of hydrogen-bond acceptors (Lipinski definition) is 1. The van der Waals surface area contributed by atoms with Crippen LogP contribution in [0.3, 0.4) is 0 Å². The molecule has 11 aromatic rings.